The Kier molecular flexibility index (Phi) is 3.75. The topological polar surface area (TPSA) is 76.3 Å². The molecule has 2 heterocycles. The Labute approximate surface area is 135 Å². The van der Waals surface area contributed by atoms with Gasteiger partial charge in [-0.1, -0.05) is 12.1 Å². The minimum absolute atomic E-state index is 0.253. The number of hydrogen-bond acceptors (Lipinski definition) is 6. The molecule has 3 rings (SSSR count). The molecule has 0 radical (unpaired) electrons. The maximum Gasteiger partial charge on any atom is 0.196 e. The van der Waals surface area contributed by atoms with Crippen LogP contribution in [0.25, 0.3) is 22.1 Å². The van der Waals surface area contributed by atoms with Gasteiger partial charge >= 0.3 is 0 Å². The van der Waals surface area contributed by atoms with Crippen LogP contribution < -0.4 is 4.90 Å². The fraction of sp³-hybridized carbons (Fsp3) is 0.375. The molecule has 6 nitrogen and oxygen atoms in total. The Morgan fingerprint density at radius 1 is 1.17 bits per heavy atom. The number of furan rings is 1. The smallest absolute Gasteiger partial charge is 0.196 e. The Bertz CT molecular complexity index is 965. The van der Waals surface area contributed by atoms with E-state index in [0.29, 0.717) is 11.4 Å². The highest BCUT2D eigenvalue weighted by Gasteiger charge is 2.28. The van der Waals surface area contributed by atoms with Crippen LogP contribution in [0, 0.1) is 0 Å². The van der Waals surface area contributed by atoms with Crippen molar-refractivity contribution in [2.24, 2.45) is 0 Å². The van der Waals surface area contributed by atoms with Crippen molar-refractivity contribution in [2.75, 3.05) is 18.2 Å². The summed E-state index contributed by atoms with van der Waals surface area (Å²) >= 11 is 0. The van der Waals surface area contributed by atoms with Gasteiger partial charge in [0.25, 0.3) is 0 Å². The van der Waals surface area contributed by atoms with Gasteiger partial charge in [-0.25, -0.2) is 18.4 Å². The van der Waals surface area contributed by atoms with Crippen molar-refractivity contribution < 1.29 is 12.8 Å². The van der Waals surface area contributed by atoms with Crippen LogP contribution >= 0.6 is 0 Å². The molecule has 2 aromatic heterocycles. The minimum Gasteiger partial charge on any atom is -0.450 e. The predicted octanol–water partition coefficient (Wildman–Crippen LogP) is 2.63. The van der Waals surface area contributed by atoms with Crippen LogP contribution in [0.5, 0.6) is 0 Å². The average Bonchev–Trinajstić information content (AvgIpc) is 2.90. The SMILES string of the molecule is C[C@@H]([C@H](C)S(C)(=O)=O)N(C)c1ncnc2c1oc1ccccc12. The van der Waals surface area contributed by atoms with Gasteiger partial charge in [0.2, 0.25) is 0 Å². The van der Waals surface area contributed by atoms with Crippen LogP contribution in [0.1, 0.15) is 13.8 Å². The zero-order chi connectivity index (χ0) is 16.8. The van der Waals surface area contributed by atoms with E-state index in [0.717, 1.165) is 16.5 Å². The Hall–Kier alpha value is -2.15. The summed E-state index contributed by atoms with van der Waals surface area (Å²) in [4.78, 5) is 10.5. The maximum atomic E-state index is 11.8. The number of hydrogen-bond donors (Lipinski definition) is 0. The van der Waals surface area contributed by atoms with E-state index < -0.39 is 15.1 Å². The third-order valence-corrected chi connectivity index (χ3v) is 6.18. The van der Waals surface area contributed by atoms with E-state index in [2.05, 4.69) is 9.97 Å². The quantitative estimate of drug-likeness (QED) is 0.730. The van der Waals surface area contributed by atoms with Crippen molar-refractivity contribution in [3.8, 4) is 0 Å². The monoisotopic (exact) mass is 333 g/mol. The number of anilines is 1. The molecule has 0 aliphatic rings. The highest BCUT2D eigenvalue weighted by Crippen LogP contribution is 2.32. The predicted molar refractivity (Wildman–Crippen MR) is 91.5 cm³/mol. The summed E-state index contributed by atoms with van der Waals surface area (Å²) in [5, 5.41) is 0.394. The summed E-state index contributed by atoms with van der Waals surface area (Å²) in [7, 11) is -1.33. The van der Waals surface area contributed by atoms with Crippen molar-refractivity contribution in [1.82, 2.24) is 9.97 Å². The molecule has 2 atom stereocenters. The first kappa shape index (κ1) is 15.7. The lowest BCUT2D eigenvalue weighted by Gasteiger charge is -2.29. The summed E-state index contributed by atoms with van der Waals surface area (Å²) in [5.74, 6) is 0.592. The molecular formula is C16H19N3O3S. The van der Waals surface area contributed by atoms with E-state index in [1.807, 2.05) is 43.1 Å². The van der Waals surface area contributed by atoms with Crippen LogP contribution in [-0.2, 0) is 9.84 Å². The number of fused-ring (bicyclic) bond motifs is 3. The summed E-state index contributed by atoms with van der Waals surface area (Å²) in [6, 6.07) is 7.40. The summed E-state index contributed by atoms with van der Waals surface area (Å²) < 4.78 is 29.6. The number of aromatic nitrogens is 2. The number of nitrogens with zero attached hydrogens (tertiary/aromatic N) is 3. The van der Waals surface area contributed by atoms with Crippen molar-refractivity contribution in [3.63, 3.8) is 0 Å². The van der Waals surface area contributed by atoms with E-state index in [-0.39, 0.29) is 6.04 Å². The van der Waals surface area contributed by atoms with E-state index in [1.54, 1.807) is 6.92 Å². The van der Waals surface area contributed by atoms with Gasteiger partial charge < -0.3 is 9.32 Å². The first-order valence-electron chi connectivity index (χ1n) is 7.34. The number of para-hydroxylation sites is 1. The first-order valence-corrected chi connectivity index (χ1v) is 9.30. The zero-order valence-electron chi connectivity index (χ0n) is 13.5. The second-order valence-electron chi connectivity index (χ2n) is 5.86. The normalized spacial score (nSPS) is 15.0. The van der Waals surface area contributed by atoms with Crippen molar-refractivity contribution >= 4 is 37.7 Å². The maximum absolute atomic E-state index is 11.8. The largest absolute Gasteiger partial charge is 0.450 e. The van der Waals surface area contributed by atoms with Gasteiger partial charge in [0.15, 0.2) is 21.2 Å². The average molecular weight is 333 g/mol. The molecule has 0 spiro atoms. The number of sulfone groups is 1. The molecule has 0 N–H and O–H groups in total. The molecule has 0 saturated carbocycles. The second-order valence-corrected chi connectivity index (χ2v) is 8.26. The lowest BCUT2D eigenvalue weighted by Crippen LogP contribution is -2.41. The van der Waals surface area contributed by atoms with E-state index in [1.165, 1.54) is 12.6 Å². The van der Waals surface area contributed by atoms with Gasteiger partial charge in [-0.05, 0) is 26.0 Å². The minimum atomic E-state index is -3.15. The second kappa shape index (κ2) is 5.49. The molecule has 0 unspecified atom stereocenters. The third-order valence-electron chi connectivity index (χ3n) is 4.44. The number of benzene rings is 1. The Morgan fingerprint density at radius 3 is 2.57 bits per heavy atom. The van der Waals surface area contributed by atoms with E-state index in [9.17, 15) is 8.42 Å². The van der Waals surface area contributed by atoms with Crippen molar-refractivity contribution in [3.05, 3.63) is 30.6 Å². The standard InChI is InChI=1S/C16H19N3O3S/c1-10(11(2)23(4,20)21)19(3)16-15-14(17-9-18-16)12-7-5-6-8-13(12)22-15/h5-11H,1-4H3/t10-,11-/m0/s1. The lowest BCUT2D eigenvalue weighted by molar-refractivity contribution is 0.564. The van der Waals surface area contributed by atoms with Gasteiger partial charge in [0, 0.05) is 24.7 Å². The lowest BCUT2D eigenvalue weighted by atomic mass is 10.2. The molecule has 0 bridgehead atoms. The van der Waals surface area contributed by atoms with Crippen LogP contribution in [0.15, 0.2) is 35.0 Å². The molecule has 1 aromatic carbocycles. The van der Waals surface area contributed by atoms with Crippen molar-refractivity contribution in [2.45, 2.75) is 25.1 Å². The summed E-state index contributed by atoms with van der Waals surface area (Å²) in [5.41, 5.74) is 2.04. The third kappa shape index (κ3) is 2.65. The van der Waals surface area contributed by atoms with Crippen LogP contribution in [-0.4, -0.2) is 43.0 Å². The van der Waals surface area contributed by atoms with Gasteiger partial charge in [0.1, 0.15) is 17.4 Å². The van der Waals surface area contributed by atoms with E-state index >= 15 is 0 Å². The first-order chi connectivity index (χ1) is 10.8. The van der Waals surface area contributed by atoms with Gasteiger partial charge in [-0.15, -0.1) is 0 Å². The summed E-state index contributed by atoms with van der Waals surface area (Å²) in [6.07, 6.45) is 2.73. The molecule has 0 aliphatic carbocycles. The molecule has 3 aromatic rings. The van der Waals surface area contributed by atoms with Gasteiger partial charge in [-0.3, -0.25) is 0 Å². The van der Waals surface area contributed by atoms with E-state index in [4.69, 9.17) is 4.42 Å². The fourth-order valence-corrected chi connectivity index (χ4v) is 3.53. The molecule has 122 valence electrons. The molecule has 23 heavy (non-hydrogen) atoms. The highest BCUT2D eigenvalue weighted by molar-refractivity contribution is 7.91. The van der Waals surface area contributed by atoms with Crippen molar-refractivity contribution in [1.29, 1.82) is 0 Å². The molecule has 0 amide bonds. The molecule has 0 aliphatic heterocycles. The van der Waals surface area contributed by atoms with Gasteiger partial charge in [0.05, 0.1) is 5.25 Å². The molecule has 0 saturated heterocycles. The van der Waals surface area contributed by atoms with Crippen LogP contribution in [0.3, 0.4) is 0 Å². The molecular weight excluding hydrogens is 314 g/mol. The number of rotatable bonds is 4. The Morgan fingerprint density at radius 2 is 1.87 bits per heavy atom. The Balaban J connectivity index is 2.12. The van der Waals surface area contributed by atoms with Crippen LogP contribution in [0.2, 0.25) is 0 Å². The van der Waals surface area contributed by atoms with Crippen LogP contribution in [0.4, 0.5) is 5.82 Å². The summed E-state index contributed by atoms with van der Waals surface area (Å²) in [6.45, 7) is 3.57. The fourth-order valence-electron chi connectivity index (χ4n) is 2.63. The highest BCUT2D eigenvalue weighted by atomic mass is 32.2. The molecule has 0 fully saturated rings. The zero-order valence-corrected chi connectivity index (χ0v) is 14.3. The van der Waals surface area contributed by atoms with Gasteiger partial charge in [-0.2, -0.15) is 0 Å². The molecule has 7 heteroatoms.